The van der Waals surface area contributed by atoms with E-state index in [2.05, 4.69) is 0 Å². The monoisotopic (exact) mass is 266 g/mol. The van der Waals surface area contributed by atoms with E-state index >= 15 is 0 Å². The molecule has 0 aliphatic heterocycles. The maximum absolute atomic E-state index is 13.2. The van der Waals surface area contributed by atoms with Crippen molar-refractivity contribution in [1.82, 2.24) is 0 Å². The van der Waals surface area contributed by atoms with Crippen LogP contribution in [-0.2, 0) is 11.2 Å². The first-order chi connectivity index (χ1) is 8.29. The molecule has 1 aromatic rings. The molecule has 0 aliphatic carbocycles. The standard InChI is InChI=1S/C12H11F5O/c13-10-5-1-3-8(11(10)14)7-9(18)4-2-6-12(15,16)17/h1,3,5H,2,4,6-7H2. The molecule has 0 aromatic heterocycles. The summed E-state index contributed by atoms with van der Waals surface area (Å²) in [6.07, 6.45) is -6.37. The van der Waals surface area contributed by atoms with Crippen molar-refractivity contribution in [3.05, 3.63) is 35.4 Å². The minimum absolute atomic E-state index is 0.132. The van der Waals surface area contributed by atoms with Crippen LogP contribution in [-0.4, -0.2) is 12.0 Å². The summed E-state index contributed by atoms with van der Waals surface area (Å²) in [7, 11) is 0. The topological polar surface area (TPSA) is 17.1 Å². The van der Waals surface area contributed by atoms with Crippen LogP contribution in [0.1, 0.15) is 24.8 Å². The van der Waals surface area contributed by atoms with E-state index in [4.69, 9.17) is 0 Å². The van der Waals surface area contributed by atoms with E-state index in [0.717, 1.165) is 6.07 Å². The number of hydrogen-bond donors (Lipinski definition) is 0. The molecule has 0 bridgehead atoms. The number of rotatable bonds is 5. The minimum Gasteiger partial charge on any atom is -0.299 e. The van der Waals surface area contributed by atoms with Gasteiger partial charge in [0.1, 0.15) is 5.78 Å². The number of alkyl halides is 3. The molecule has 6 heteroatoms. The van der Waals surface area contributed by atoms with Gasteiger partial charge in [-0.3, -0.25) is 4.79 Å². The molecule has 0 saturated carbocycles. The molecule has 0 heterocycles. The van der Waals surface area contributed by atoms with Crippen LogP contribution < -0.4 is 0 Å². The van der Waals surface area contributed by atoms with Crippen LogP contribution in [0.3, 0.4) is 0 Å². The lowest BCUT2D eigenvalue weighted by molar-refractivity contribution is -0.137. The summed E-state index contributed by atoms with van der Waals surface area (Å²) >= 11 is 0. The third-order valence-corrected chi connectivity index (χ3v) is 2.34. The summed E-state index contributed by atoms with van der Waals surface area (Å²) in [5.41, 5.74) is -0.132. The SMILES string of the molecule is O=C(CCCC(F)(F)F)Cc1cccc(F)c1F. The minimum atomic E-state index is -4.30. The fourth-order valence-electron chi connectivity index (χ4n) is 1.47. The average molecular weight is 266 g/mol. The summed E-state index contributed by atoms with van der Waals surface area (Å²) in [6, 6.07) is 3.39. The normalized spacial score (nSPS) is 11.6. The number of carbonyl (C=O) groups excluding carboxylic acids is 1. The molecule has 0 atom stereocenters. The van der Waals surface area contributed by atoms with Gasteiger partial charge in [0.25, 0.3) is 0 Å². The molecule has 1 nitrogen and oxygen atoms in total. The van der Waals surface area contributed by atoms with Crippen molar-refractivity contribution in [3.8, 4) is 0 Å². The first-order valence-electron chi connectivity index (χ1n) is 5.31. The second-order valence-electron chi connectivity index (χ2n) is 3.90. The predicted octanol–water partition coefficient (Wildman–Crippen LogP) is 3.81. The van der Waals surface area contributed by atoms with Crippen molar-refractivity contribution >= 4 is 5.78 Å². The number of benzene rings is 1. The van der Waals surface area contributed by atoms with Gasteiger partial charge in [0.15, 0.2) is 11.6 Å². The quantitative estimate of drug-likeness (QED) is 0.741. The Balaban J connectivity index is 2.48. The molecule has 0 unspecified atom stereocenters. The van der Waals surface area contributed by atoms with Crippen LogP contribution in [0.15, 0.2) is 18.2 Å². The van der Waals surface area contributed by atoms with Crippen molar-refractivity contribution in [2.24, 2.45) is 0 Å². The Morgan fingerprint density at radius 2 is 1.83 bits per heavy atom. The molecule has 0 spiro atoms. The summed E-state index contributed by atoms with van der Waals surface area (Å²) in [4.78, 5) is 11.3. The van der Waals surface area contributed by atoms with Crippen molar-refractivity contribution in [2.75, 3.05) is 0 Å². The molecule has 18 heavy (non-hydrogen) atoms. The van der Waals surface area contributed by atoms with E-state index in [1.807, 2.05) is 0 Å². The zero-order valence-corrected chi connectivity index (χ0v) is 9.36. The summed E-state index contributed by atoms with van der Waals surface area (Å²) < 4.78 is 61.5. The highest BCUT2D eigenvalue weighted by molar-refractivity contribution is 5.80. The number of halogens is 5. The highest BCUT2D eigenvalue weighted by Gasteiger charge is 2.26. The van der Waals surface area contributed by atoms with E-state index in [9.17, 15) is 26.7 Å². The van der Waals surface area contributed by atoms with Gasteiger partial charge in [0.05, 0.1) is 0 Å². The second kappa shape index (κ2) is 5.93. The molecule has 0 fully saturated rings. The Labute approximate surface area is 101 Å². The fraction of sp³-hybridized carbons (Fsp3) is 0.417. The first kappa shape index (κ1) is 14.6. The van der Waals surface area contributed by atoms with Gasteiger partial charge >= 0.3 is 6.18 Å². The smallest absolute Gasteiger partial charge is 0.299 e. The van der Waals surface area contributed by atoms with Gasteiger partial charge in [0.2, 0.25) is 0 Å². The van der Waals surface area contributed by atoms with Gasteiger partial charge in [-0.1, -0.05) is 12.1 Å². The Hall–Kier alpha value is -1.46. The lowest BCUT2D eigenvalue weighted by atomic mass is 10.0. The van der Waals surface area contributed by atoms with Crippen LogP contribution in [0.5, 0.6) is 0 Å². The molecule has 1 aromatic carbocycles. The highest BCUT2D eigenvalue weighted by atomic mass is 19.4. The van der Waals surface area contributed by atoms with E-state index in [1.54, 1.807) is 0 Å². The average Bonchev–Trinajstić information content (AvgIpc) is 2.23. The van der Waals surface area contributed by atoms with E-state index in [0.29, 0.717) is 0 Å². The summed E-state index contributed by atoms with van der Waals surface area (Å²) in [5.74, 6) is -2.74. The number of Topliss-reactive ketones (excluding diaryl/α,β-unsaturated/α-hetero) is 1. The van der Waals surface area contributed by atoms with Gasteiger partial charge < -0.3 is 0 Å². The Morgan fingerprint density at radius 3 is 2.44 bits per heavy atom. The molecule has 100 valence electrons. The van der Waals surface area contributed by atoms with E-state index < -0.39 is 30.0 Å². The van der Waals surface area contributed by atoms with Crippen molar-refractivity contribution in [2.45, 2.75) is 31.9 Å². The maximum Gasteiger partial charge on any atom is 0.389 e. The van der Waals surface area contributed by atoms with Crippen molar-refractivity contribution < 1.29 is 26.7 Å². The summed E-state index contributed by atoms with van der Waals surface area (Å²) in [5, 5.41) is 0. The van der Waals surface area contributed by atoms with Gasteiger partial charge in [-0.15, -0.1) is 0 Å². The lowest BCUT2D eigenvalue weighted by Gasteiger charge is -2.06. The fourth-order valence-corrected chi connectivity index (χ4v) is 1.47. The molecule has 0 saturated heterocycles. The first-order valence-corrected chi connectivity index (χ1v) is 5.31. The van der Waals surface area contributed by atoms with E-state index in [1.165, 1.54) is 12.1 Å². The lowest BCUT2D eigenvalue weighted by Crippen LogP contribution is -2.10. The van der Waals surface area contributed by atoms with Crippen molar-refractivity contribution in [1.29, 1.82) is 0 Å². The third kappa shape index (κ3) is 4.81. The van der Waals surface area contributed by atoms with Gasteiger partial charge in [0, 0.05) is 19.3 Å². The molecule has 0 amide bonds. The largest absolute Gasteiger partial charge is 0.389 e. The molecule has 0 radical (unpaired) electrons. The molecule has 0 N–H and O–H groups in total. The van der Waals surface area contributed by atoms with Gasteiger partial charge in [-0.05, 0) is 18.1 Å². The molecular weight excluding hydrogens is 255 g/mol. The number of ketones is 1. The molecule has 1 rings (SSSR count). The maximum atomic E-state index is 13.2. The van der Waals surface area contributed by atoms with Crippen LogP contribution in [0.4, 0.5) is 22.0 Å². The predicted molar refractivity (Wildman–Crippen MR) is 55.0 cm³/mol. The van der Waals surface area contributed by atoms with Crippen molar-refractivity contribution in [3.63, 3.8) is 0 Å². The van der Waals surface area contributed by atoms with Gasteiger partial charge in [-0.25, -0.2) is 8.78 Å². The van der Waals surface area contributed by atoms with Crippen LogP contribution in [0, 0.1) is 11.6 Å². The van der Waals surface area contributed by atoms with Crippen LogP contribution in [0.2, 0.25) is 0 Å². The van der Waals surface area contributed by atoms with E-state index in [-0.39, 0.29) is 24.8 Å². The van der Waals surface area contributed by atoms with Crippen LogP contribution >= 0.6 is 0 Å². The second-order valence-corrected chi connectivity index (χ2v) is 3.90. The highest BCUT2D eigenvalue weighted by Crippen LogP contribution is 2.22. The molecular formula is C12H11F5O. The van der Waals surface area contributed by atoms with Gasteiger partial charge in [-0.2, -0.15) is 13.2 Å². The van der Waals surface area contributed by atoms with Crippen LogP contribution in [0.25, 0.3) is 0 Å². The number of carbonyl (C=O) groups is 1. The third-order valence-electron chi connectivity index (χ3n) is 2.34. The Kier molecular flexibility index (Phi) is 4.81. The number of hydrogen-bond acceptors (Lipinski definition) is 1. The summed E-state index contributed by atoms with van der Waals surface area (Å²) in [6.45, 7) is 0. The zero-order valence-electron chi connectivity index (χ0n) is 9.36. The molecule has 0 aliphatic rings. The zero-order chi connectivity index (χ0) is 13.8. The Bertz CT molecular complexity index is 425. The Morgan fingerprint density at radius 1 is 1.17 bits per heavy atom.